The van der Waals surface area contributed by atoms with E-state index in [0.717, 1.165) is 16.2 Å². The molecule has 0 radical (unpaired) electrons. The highest BCUT2D eigenvalue weighted by Gasteiger charge is 2.18. The van der Waals surface area contributed by atoms with Crippen LogP contribution in [0.15, 0.2) is 53.4 Å². The molecule has 2 aromatic rings. The number of carbonyl (C=O) groups excluding carboxylic acids is 2. The van der Waals surface area contributed by atoms with E-state index < -0.39 is 5.25 Å². The van der Waals surface area contributed by atoms with Crippen molar-refractivity contribution in [2.75, 3.05) is 7.11 Å². The molecular formula is C21H25NO4S. The van der Waals surface area contributed by atoms with E-state index in [1.54, 1.807) is 19.1 Å². The minimum absolute atomic E-state index is 0.122. The van der Waals surface area contributed by atoms with E-state index in [-0.39, 0.29) is 18.0 Å². The van der Waals surface area contributed by atoms with Gasteiger partial charge in [0.2, 0.25) is 0 Å². The van der Waals surface area contributed by atoms with Crippen LogP contribution in [0.2, 0.25) is 0 Å². The predicted octanol–water partition coefficient (Wildman–Crippen LogP) is 4.06. The first-order valence-electron chi connectivity index (χ1n) is 8.78. The van der Waals surface area contributed by atoms with E-state index >= 15 is 0 Å². The molecule has 0 aliphatic rings. The van der Waals surface area contributed by atoms with Crippen LogP contribution in [0.3, 0.4) is 0 Å². The van der Waals surface area contributed by atoms with Crippen molar-refractivity contribution in [3.8, 4) is 5.75 Å². The Balaban J connectivity index is 2.00. The van der Waals surface area contributed by atoms with Gasteiger partial charge in [0.15, 0.2) is 0 Å². The number of ether oxygens (including phenoxy) is 2. The minimum atomic E-state index is -0.391. The zero-order valence-corrected chi connectivity index (χ0v) is 16.8. The van der Waals surface area contributed by atoms with Crippen molar-refractivity contribution in [3.63, 3.8) is 0 Å². The Kier molecular flexibility index (Phi) is 7.73. The van der Waals surface area contributed by atoms with Gasteiger partial charge in [-0.25, -0.2) is 0 Å². The molecule has 1 unspecified atom stereocenters. The molecule has 0 bridgehead atoms. The molecular weight excluding hydrogens is 362 g/mol. The van der Waals surface area contributed by atoms with Gasteiger partial charge in [0.1, 0.15) is 11.0 Å². The molecule has 144 valence electrons. The summed E-state index contributed by atoms with van der Waals surface area (Å²) in [5, 5.41) is 2.53. The maximum absolute atomic E-state index is 12.6. The molecule has 0 fully saturated rings. The maximum Gasteiger partial charge on any atom is 0.318 e. The number of benzene rings is 2. The summed E-state index contributed by atoms with van der Waals surface area (Å²) < 4.78 is 10.4. The quantitative estimate of drug-likeness (QED) is 0.547. The fraction of sp³-hybridized carbons (Fsp3) is 0.333. The summed E-state index contributed by atoms with van der Waals surface area (Å²) in [6.07, 6.45) is 0.122. The lowest BCUT2D eigenvalue weighted by atomic mass is 10.2. The zero-order chi connectivity index (χ0) is 19.8. The highest BCUT2D eigenvalue weighted by molar-refractivity contribution is 8.00. The molecule has 0 aliphatic carbocycles. The summed E-state index contributed by atoms with van der Waals surface area (Å²) in [7, 11) is 1.36. The molecule has 1 N–H and O–H groups in total. The number of esters is 1. The molecule has 5 nitrogen and oxygen atoms in total. The second-order valence-corrected chi connectivity index (χ2v) is 7.66. The first kappa shape index (κ1) is 20.8. The molecule has 6 heteroatoms. The third-order valence-corrected chi connectivity index (χ3v) is 4.87. The number of methoxy groups -OCH3 is 1. The average molecular weight is 388 g/mol. The van der Waals surface area contributed by atoms with Gasteiger partial charge in [0, 0.05) is 11.4 Å². The highest BCUT2D eigenvalue weighted by atomic mass is 32.2. The van der Waals surface area contributed by atoms with Crippen LogP contribution < -0.4 is 10.1 Å². The fourth-order valence-corrected chi connectivity index (χ4v) is 3.42. The summed E-state index contributed by atoms with van der Waals surface area (Å²) in [5.41, 5.74) is 1.52. The van der Waals surface area contributed by atoms with Crippen molar-refractivity contribution in [3.05, 3.63) is 59.7 Å². The zero-order valence-electron chi connectivity index (χ0n) is 16.0. The van der Waals surface area contributed by atoms with Crippen molar-refractivity contribution in [1.29, 1.82) is 0 Å². The van der Waals surface area contributed by atoms with Gasteiger partial charge >= 0.3 is 5.97 Å². The van der Waals surface area contributed by atoms with Crippen LogP contribution in [0, 0.1) is 0 Å². The van der Waals surface area contributed by atoms with Crippen molar-refractivity contribution < 1.29 is 19.1 Å². The number of nitrogens with one attached hydrogen (secondary N) is 1. The number of rotatable bonds is 8. The molecule has 27 heavy (non-hydrogen) atoms. The first-order valence-corrected chi connectivity index (χ1v) is 9.66. The Bertz CT molecular complexity index is 774. The molecule has 0 aromatic heterocycles. The van der Waals surface area contributed by atoms with Crippen LogP contribution in [0.1, 0.15) is 36.7 Å². The summed E-state index contributed by atoms with van der Waals surface area (Å²) in [6.45, 7) is 6.12. The minimum Gasteiger partial charge on any atom is -0.491 e. The molecule has 1 amide bonds. The third kappa shape index (κ3) is 6.32. The lowest BCUT2D eigenvalue weighted by molar-refractivity contribution is -0.139. The summed E-state index contributed by atoms with van der Waals surface area (Å²) in [4.78, 5) is 25.0. The topological polar surface area (TPSA) is 64.6 Å². The molecule has 0 saturated heterocycles. The number of hydrogen-bond donors (Lipinski definition) is 1. The van der Waals surface area contributed by atoms with Crippen molar-refractivity contribution in [2.45, 2.75) is 43.6 Å². The second kappa shape index (κ2) is 10.0. The predicted molar refractivity (Wildman–Crippen MR) is 107 cm³/mol. The van der Waals surface area contributed by atoms with Gasteiger partial charge in [-0.2, -0.15) is 0 Å². The van der Waals surface area contributed by atoms with E-state index in [0.29, 0.717) is 12.1 Å². The van der Waals surface area contributed by atoms with Gasteiger partial charge in [-0.15, -0.1) is 11.8 Å². The van der Waals surface area contributed by atoms with Crippen LogP contribution in [-0.4, -0.2) is 30.3 Å². The fourth-order valence-electron chi connectivity index (χ4n) is 2.40. The lowest BCUT2D eigenvalue weighted by Gasteiger charge is -2.13. The van der Waals surface area contributed by atoms with Crippen molar-refractivity contribution in [2.24, 2.45) is 0 Å². The van der Waals surface area contributed by atoms with E-state index in [4.69, 9.17) is 9.47 Å². The molecule has 2 aromatic carbocycles. The number of thioether (sulfide) groups is 1. The van der Waals surface area contributed by atoms with Crippen LogP contribution in [0.4, 0.5) is 0 Å². The van der Waals surface area contributed by atoms with Gasteiger partial charge in [-0.3, -0.25) is 9.59 Å². The van der Waals surface area contributed by atoms with Gasteiger partial charge in [0.25, 0.3) is 5.91 Å². The molecule has 0 saturated carbocycles. The Hall–Kier alpha value is -2.47. The Labute approximate surface area is 164 Å². The summed E-state index contributed by atoms with van der Waals surface area (Å²) in [6, 6.07) is 14.9. The average Bonchev–Trinajstić information content (AvgIpc) is 2.66. The van der Waals surface area contributed by atoms with Crippen molar-refractivity contribution in [1.82, 2.24) is 5.32 Å². The van der Waals surface area contributed by atoms with Gasteiger partial charge < -0.3 is 14.8 Å². The Morgan fingerprint density at radius 1 is 1.04 bits per heavy atom. The van der Waals surface area contributed by atoms with Crippen LogP contribution >= 0.6 is 11.8 Å². The number of carbonyl (C=O) groups is 2. The Morgan fingerprint density at radius 3 is 2.33 bits per heavy atom. The monoisotopic (exact) mass is 387 g/mol. The third-order valence-electron chi connectivity index (χ3n) is 3.72. The smallest absolute Gasteiger partial charge is 0.318 e. The normalized spacial score (nSPS) is 11.7. The Morgan fingerprint density at radius 2 is 1.70 bits per heavy atom. The van der Waals surface area contributed by atoms with Crippen LogP contribution in [0.5, 0.6) is 5.75 Å². The van der Waals surface area contributed by atoms with Gasteiger partial charge in [0.05, 0.1) is 18.8 Å². The van der Waals surface area contributed by atoms with Crippen molar-refractivity contribution >= 4 is 23.6 Å². The van der Waals surface area contributed by atoms with Gasteiger partial charge in [-0.1, -0.05) is 24.3 Å². The molecule has 0 aliphatic heterocycles. The summed E-state index contributed by atoms with van der Waals surface area (Å²) in [5.74, 6) is 0.301. The second-order valence-electron chi connectivity index (χ2n) is 6.27. The molecule has 0 heterocycles. The van der Waals surface area contributed by atoms with E-state index in [1.165, 1.54) is 18.9 Å². The standard InChI is InChI=1S/C21H25NO4S/c1-14(2)26-17-11-9-16(10-12-17)13-22-20(23)18-7-5-6-8-19(18)27-15(3)21(24)25-4/h5-12,14-15H,13H2,1-4H3,(H,22,23). The molecule has 2 rings (SSSR count). The van der Waals surface area contributed by atoms with E-state index in [2.05, 4.69) is 5.32 Å². The number of hydrogen-bond acceptors (Lipinski definition) is 5. The van der Waals surface area contributed by atoms with E-state index in [9.17, 15) is 9.59 Å². The molecule has 0 spiro atoms. The number of amides is 1. The van der Waals surface area contributed by atoms with Crippen LogP contribution in [0.25, 0.3) is 0 Å². The largest absolute Gasteiger partial charge is 0.491 e. The SMILES string of the molecule is COC(=O)C(C)Sc1ccccc1C(=O)NCc1ccc(OC(C)C)cc1. The first-order chi connectivity index (χ1) is 12.9. The highest BCUT2D eigenvalue weighted by Crippen LogP contribution is 2.27. The van der Waals surface area contributed by atoms with Gasteiger partial charge in [-0.05, 0) is 50.6 Å². The lowest BCUT2D eigenvalue weighted by Crippen LogP contribution is -2.24. The van der Waals surface area contributed by atoms with Crippen LogP contribution in [-0.2, 0) is 16.1 Å². The molecule has 1 atom stereocenters. The maximum atomic E-state index is 12.6. The van der Waals surface area contributed by atoms with E-state index in [1.807, 2.05) is 50.2 Å². The summed E-state index contributed by atoms with van der Waals surface area (Å²) >= 11 is 1.31.